The Kier molecular flexibility index (Phi) is 4.12. The smallest absolute Gasteiger partial charge is 0.224 e. The molecule has 0 aliphatic rings. The van der Waals surface area contributed by atoms with Gasteiger partial charge in [-0.15, -0.1) is 0 Å². The molecule has 0 aliphatic carbocycles. The van der Waals surface area contributed by atoms with E-state index in [1.807, 2.05) is 18.2 Å². The van der Waals surface area contributed by atoms with E-state index in [0.717, 1.165) is 28.4 Å². The van der Waals surface area contributed by atoms with Crippen LogP contribution >= 0.6 is 11.6 Å². The predicted molar refractivity (Wildman–Crippen MR) is 92.1 cm³/mol. The number of aryl methyl sites for hydroxylation is 1. The Morgan fingerprint density at radius 3 is 2.78 bits per heavy atom. The van der Waals surface area contributed by atoms with Crippen molar-refractivity contribution < 1.29 is 0 Å². The molecular formula is C15H16ClN7. The Balaban J connectivity index is 1.85. The van der Waals surface area contributed by atoms with Crippen molar-refractivity contribution in [3.05, 3.63) is 40.7 Å². The first-order valence-electron chi connectivity index (χ1n) is 7.13. The maximum Gasteiger partial charge on any atom is 0.224 e. The van der Waals surface area contributed by atoms with Gasteiger partial charge in [-0.05, 0) is 30.2 Å². The highest BCUT2D eigenvalue weighted by molar-refractivity contribution is 6.30. The number of fused-ring (bicyclic) bond motifs is 1. The van der Waals surface area contributed by atoms with E-state index in [4.69, 9.17) is 23.1 Å². The highest BCUT2D eigenvalue weighted by Crippen LogP contribution is 2.22. The fraction of sp³-hybridized carbons (Fsp3) is 0.200. The first-order chi connectivity index (χ1) is 11.1. The lowest BCUT2D eigenvalue weighted by Gasteiger charge is -2.11. The van der Waals surface area contributed by atoms with Gasteiger partial charge in [0.05, 0.1) is 18.4 Å². The van der Waals surface area contributed by atoms with Crippen molar-refractivity contribution in [3.8, 4) is 0 Å². The average molecular weight is 330 g/mol. The number of hydrogen-bond acceptors (Lipinski definition) is 7. The number of hydrogen-bond donors (Lipinski definition) is 3. The van der Waals surface area contributed by atoms with Crippen LogP contribution in [-0.2, 0) is 13.0 Å². The van der Waals surface area contributed by atoms with Crippen LogP contribution in [0.15, 0.2) is 24.4 Å². The van der Waals surface area contributed by atoms with Crippen LogP contribution in [0.4, 0.5) is 17.5 Å². The first-order valence-corrected chi connectivity index (χ1v) is 7.51. The molecule has 0 saturated carbocycles. The lowest BCUT2D eigenvalue weighted by atomic mass is 10.1. The molecule has 3 aromatic rings. The molecule has 0 saturated heterocycles. The van der Waals surface area contributed by atoms with Crippen molar-refractivity contribution in [1.82, 2.24) is 19.9 Å². The monoisotopic (exact) mass is 329 g/mol. The van der Waals surface area contributed by atoms with Crippen LogP contribution in [0.1, 0.15) is 18.2 Å². The van der Waals surface area contributed by atoms with Gasteiger partial charge in [-0.1, -0.05) is 18.5 Å². The third-order valence-electron chi connectivity index (χ3n) is 3.41. The van der Waals surface area contributed by atoms with E-state index in [1.54, 1.807) is 6.20 Å². The number of nitrogen functional groups attached to an aromatic ring is 2. The highest BCUT2D eigenvalue weighted by Gasteiger charge is 2.08. The SMILES string of the molecule is CCc1cc(Cl)ccc1NCc1cnc2nc(N)nc(N)c2n1. The summed E-state index contributed by atoms with van der Waals surface area (Å²) < 4.78 is 0. The molecule has 0 spiro atoms. The maximum absolute atomic E-state index is 6.02. The fourth-order valence-corrected chi connectivity index (χ4v) is 2.48. The standard InChI is InChI=1S/C15H16ClN7/c1-2-8-5-9(16)3-4-11(8)19-6-10-7-20-14-12(21-10)13(17)22-15(18)23-14/h3-5,7,19H,2,6H2,1H3,(H4,17,18,20,22,23). The van der Waals surface area contributed by atoms with Gasteiger partial charge in [0.1, 0.15) is 0 Å². The lowest BCUT2D eigenvalue weighted by Crippen LogP contribution is -2.07. The van der Waals surface area contributed by atoms with E-state index in [2.05, 4.69) is 32.2 Å². The molecule has 118 valence electrons. The molecule has 0 aliphatic heterocycles. The zero-order chi connectivity index (χ0) is 16.4. The number of nitrogens with zero attached hydrogens (tertiary/aromatic N) is 4. The van der Waals surface area contributed by atoms with E-state index >= 15 is 0 Å². The molecule has 8 heteroatoms. The van der Waals surface area contributed by atoms with Crippen LogP contribution < -0.4 is 16.8 Å². The minimum Gasteiger partial charge on any atom is -0.382 e. The van der Waals surface area contributed by atoms with E-state index in [9.17, 15) is 0 Å². The van der Waals surface area contributed by atoms with Gasteiger partial charge in [0.2, 0.25) is 5.95 Å². The van der Waals surface area contributed by atoms with E-state index in [0.29, 0.717) is 17.7 Å². The van der Waals surface area contributed by atoms with Gasteiger partial charge in [0.15, 0.2) is 17.0 Å². The van der Waals surface area contributed by atoms with Crippen molar-refractivity contribution in [3.63, 3.8) is 0 Å². The first kappa shape index (κ1) is 15.2. The van der Waals surface area contributed by atoms with E-state index in [1.165, 1.54) is 0 Å². The molecule has 0 amide bonds. The molecule has 3 rings (SSSR count). The van der Waals surface area contributed by atoms with Crippen molar-refractivity contribution in [2.24, 2.45) is 0 Å². The Morgan fingerprint density at radius 1 is 1.17 bits per heavy atom. The Bertz CT molecular complexity index is 866. The molecule has 0 unspecified atom stereocenters. The topological polar surface area (TPSA) is 116 Å². The number of nitrogens with two attached hydrogens (primary N) is 2. The second-order valence-corrected chi connectivity index (χ2v) is 5.45. The summed E-state index contributed by atoms with van der Waals surface area (Å²) in [5.74, 6) is 0.312. The molecule has 0 radical (unpaired) electrons. The zero-order valence-corrected chi connectivity index (χ0v) is 13.3. The van der Waals surface area contributed by atoms with Gasteiger partial charge in [-0.25, -0.2) is 9.97 Å². The van der Waals surface area contributed by atoms with Crippen LogP contribution in [-0.4, -0.2) is 19.9 Å². The molecule has 23 heavy (non-hydrogen) atoms. The maximum atomic E-state index is 6.02. The van der Waals surface area contributed by atoms with E-state index in [-0.39, 0.29) is 11.8 Å². The van der Waals surface area contributed by atoms with Gasteiger partial charge >= 0.3 is 0 Å². The number of halogens is 1. The number of rotatable bonds is 4. The predicted octanol–water partition coefficient (Wildman–Crippen LogP) is 2.41. The summed E-state index contributed by atoms with van der Waals surface area (Å²) in [5, 5.41) is 4.06. The van der Waals surface area contributed by atoms with Crippen molar-refractivity contribution in [2.75, 3.05) is 16.8 Å². The quantitative estimate of drug-likeness (QED) is 0.673. The van der Waals surface area contributed by atoms with Gasteiger partial charge in [-0.2, -0.15) is 9.97 Å². The summed E-state index contributed by atoms with van der Waals surface area (Å²) in [4.78, 5) is 16.6. The zero-order valence-electron chi connectivity index (χ0n) is 12.5. The molecule has 7 nitrogen and oxygen atoms in total. The lowest BCUT2D eigenvalue weighted by molar-refractivity contribution is 1.02. The van der Waals surface area contributed by atoms with Crippen molar-refractivity contribution in [1.29, 1.82) is 0 Å². The second-order valence-electron chi connectivity index (χ2n) is 5.01. The molecule has 0 bridgehead atoms. The molecule has 0 atom stereocenters. The summed E-state index contributed by atoms with van der Waals surface area (Å²) in [6, 6.07) is 5.75. The summed E-state index contributed by atoms with van der Waals surface area (Å²) in [5.41, 5.74) is 15.1. The van der Waals surface area contributed by atoms with Crippen LogP contribution in [0.3, 0.4) is 0 Å². The van der Waals surface area contributed by atoms with Gasteiger partial charge in [0, 0.05) is 10.7 Å². The van der Waals surface area contributed by atoms with Crippen LogP contribution in [0.2, 0.25) is 5.02 Å². The summed E-state index contributed by atoms with van der Waals surface area (Å²) in [7, 11) is 0. The fourth-order valence-electron chi connectivity index (χ4n) is 2.28. The van der Waals surface area contributed by atoms with Crippen LogP contribution in [0, 0.1) is 0 Å². The van der Waals surface area contributed by atoms with Gasteiger partial charge < -0.3 is 16.8 Å². The van der Waals surface area contributed by atoms with Gasteiger partial charge in [0.25, 0.3) is 0 Å². The molecule has 2 aromatic heterocycles. The number of aromatic nitrogens is 4. The molecular weight excluding hydrogens is 314 g/mol. The molecule has 2 heterocycles. The minimum absolute atomic E-state index is 0.0870. The number of benzene rings is 1. The Labute approximate surface area is 138 Å². The van der Waals surface area contributed by atoms with Crippen LogP contribution in [0.5, 0.6) is 0 Å². The summed E-state index contributed by atoms with van der Waals surface area (Å²) in [6.45, 7) is 2.58. The average Bonchev–Trinajstić information content (AvgIpc) is 2.53. The minimum atomic E-state index is 0.0870. The number of anilines is 3. The van der Waals surface area contributed by atoms with Gasteiger partial charge in [-0.3, -0.25) is 0 Å². The third-order valence-corrected chi connectivity index (χ3v) is 3.64. The normalized spacial score (nSPS) is 10.9. The Hall–Kier alpha value is -2.67. The number of nitrogens with one attached hydrogen (secondary N) is 1. The molecule has 5 N–H and O–H groups in total. The van der Waals surface area contributed by atoms with Crippen LogP contribution in [0.25, 0.3) is 11.2 Å². The van der Waals surface area contributed by atoms with E-state index < -0.39 is 0 Å². The molecule has 0 fully saturated rings. The highest BCUT2D eigenvalue weighted by atomic mass is 35.5. The largest absolute Gasteiger partial charge is 0.382 e. The summed E-state index contributed by atoms with van der Waals surface area (Å²) in [6.07, 6.45) is 2.52. The Morgan fingerprint density at radius 2 is 2.00 bits per heavy atom. The van der Waals surface area contributed by atoms with Crippen molar-refractivity contribution in [2.45, 2.75) is 19.9 Å². The molecule has 1 aromatic carbocycles. The third kappa shape index (κ3) is 3.24. The van der Waals surface area contributed by atoms with Crippen molar-refractivity contribution >= 4 is 40.2 Å². The second kappa shape index (κ2) is 6.21. The summed E-state index contributed by atoms with van der Waals surface area (Å²) >= 11 is 6.02.